The average Bonchev–Trinajstić information content (AvgIpc) is 3.27. The van der Waals surface area contributed by atoms with Crippen molar-refractivity contribution in [3.63, 3.8) is 0 Å². The minimum atomic E-state index is -4.03. The molecule has 1 aromatic heterocycles. The van der Waals surface area contributed by atoms with E-state index < -0.39 is 33.2 Å². The average molecular weight is 530 g/mol. The molecule has 7 nitrogen and oxygen atoms in total. The van der Waals surface area contributed by atoms with Gasteiger partial charge in [0, 0.05) is 5.56 Å². The van der Waals surface area contributed by atoms with Crippen LogP contribution >= 0.6 is 11.3 Å². The lowest BCUT2D eigenvalue weighted by molar-refractivity contribution is 0.101. The van der Waals surface area contributed by atoms with E-state index in [1.54, 1.807) is 24.3 Å². The van der Waals surface area contributed by atoms with Gasteiger partial charge in [0.05, 0.1) is 0 Å². The van der Waals surface area contributed by atoms with Crippen LogP contribution in [0.15, 0.2) is 71.6 Å². The third-order valence-electron chi connectivity index (χ3n) is 5.15. The lowest BCUT2D eigenvalue weighted by Crippen LogP contribution is -2.15. The van der Waals surface area contributed by atoms with Gasteiger partial charge in [0.25, 0.3) is 5.91 Å². The number of hydrogen-bond acceptors (Lipinski definition) is 7. The molecule has 3 aromatic carbocycles. The molecule has 0 saturated heterocycles. The first-order valence-electron chi connectivity index (χ1n) is 10.7. The van der Waals surface area contributed by atoms with E-state index in [-0.39, 0.29) is 21.2 Å². The largest absolute Gasteiger partial charge is 0.379 e. The van der Waals surface area contributed by atoms with Crippen LogP contribution in [-0.4, -0.2) is 24.5 Å². The van der Waals surface area contributed by atoms with Gasteiger partial charge in [-0.1, -0.05) is 50.3 Å². The topological polar surface area (TPSA) is 98.2 Å². The number of hydrogen-bond donors (Lipinski definition) is 1. The molecule has 0 spiro atoms. The van der Waals surface area contributed by atoms with Crippen molar-refractivity contribution in [1.29, 1.82) is 0 Å². The number of halogens is 2. The summed E-state index contributed by atoms with van der Waals surface area (Å²) in [5.41, 5.74) is 0.743. The Morgan fingerprint density at radius 1 is 0.917 bits per heavy atom. The van der Waals surface area contributed by atoms with E-state index in [1.165, 1.54) is 24.3 Å². The number of nitrogens with one attached hydrogen (secondary N) is 1. The summed E-state index contributed by atoms with van der Waals surface area (Å²) >= 11 is 0.982. The van der Waals surface area contributed by atoms with E-state index in [4.69, 9.17) is 4.18 Å². The molecule has 1 amide bonds. The first kappa shape index (κ1) is 25.4. The summed E-state index contributed by atoms with van der Waals surface area (Å²) in [6.45, 7) is 6.10. The van der Waals surface area contributed by atoms with Crippen molar-refractivity contribution in [1.82, 2.24) is 10.2 Å². The fourth-order valence-electron chi connectivity index (χ4n) is 3.21. The van der Waals surface area contributed by atoms with Gasteiger partial charge < -0.3 is 4.18 Å². The van der Waals surface area contributed by atoms with Crippen LogP contribution in [-0.2, 0) is 15.5 Å². The Morgan fingerprint density at radius 3 is 2.11 bits per heavy atom. The predicted molar refractivity (Wildman–Crippen MR) is 133 cm³/mol. The second-order valence-corrected chi connectivity index (χ2v) is 11.3. The zero-order chi connectivity index (χ0) is 26.1. The molecular weight excluding hydrogens is 508 g/mol. The molecule has 0 aliphatic rings. The molecule has 0 aliphatic carbocycles. The monoisotopic (exact) mass is 529 g/mol. The van der Waals surface area contributed by atoms with Crippen molar-refractivity contribution in [2.24, 2.45) is 0 Å². The molecule has 11 heteroatoms. The van der Waals surface area contributed by atoms with Crippen LogP contribution in [0.3, 0.4) is 0 Å². The van der Waals surface area contributed by atoms with Crippen molar-refractivity contribution in [3.8, 4) is 16.3 Å². The molecule has 0 atom stereocenters. The Labute approximate surface area is 210 Å². The van der Waals surface area contributed by atoms with Crippen LogP contribution in [0.1, 0.15) is 36.7 Å². The number of anilines is 1. The summed E-state index contributed by atoms with van der Waals surface area (Å²) in [6.07, 6.45) is 0. The zero-order valence-corrected chi connectivity index (χ0v) is 21.1. The third-order valence-corrected chi connectivity index (χ3v) is 7.30. The van der Waals surface area contributed by atoms with Gasteiger partial charge in [-0.15, -0.1) is 10.2 Å². The Hall–Kier alpha value is -3.70. The lowest BCUT2D eigenvalue weighted by Gasteiger charge is -2.19. The smallest absolute Gasteiger partial charge is 0.339 e. The minimum Gasteiger partial charge on any atom is -0.379 e. The zero-order valence-electron chi connectivity index (χ0n) is 19.5. The van der Waals surface area contributed by atoms with Gasteiger partial charge in [0.15, 0.2) is 0 Å². The van der Waals surface area contributed by atoms with Gasteiger partial charge in [-0.3, -0.25) is 10.1 Å². The molecule has 4 aromatic rings. The number of nitrogens with zero attached hydrogens (tertiary/aromatic N) is 2. The van der Waals surface area contributed by atoms with Crippen LogP contribution in [0, 0.1) is 11.6 Å². The fourth-order valence-corrected chi connectivity index (χ4v) is 4.89. The summed E-state index contributed by atoms with van der Waals surface area (Å²) in [6, 6.07) is 15.7. The molecular formula is C25H21F2N3O4S2. The summed E-state index contributed by atoms with van der Waals surface area (Å²) < 4.78 is 58.2. The Bertz CT molecular complexity index is 1490. The Morgan fingerprint density at radius 2 is 1.53 bits per heavy atom. The van der Waals surface area contributed by atoms with Crippen molar-refractivity contribution in [2.45, 2.75) is 31.1 Å². The van der Waals surface area contributed by atoms with E-state index in [2.05, 4.69) is 15.5 Å². The summed E-state index contributed by atoms with van der Waals surface area (Å²) in [4.78, 5) is 12.3. The quantitative estimate of drug-likeness (QED) is 0.317. The van der Waals surface area contributed by atoms with Crippen LogP contribution in [0.25, 0.3) is 10.6 Å². The first-order chi connectivity index (χ1) is 16.9. The van der Waals surface area contributed by atoms with E-state index in [9.17, 15) is 22.0 Å². The van der Waals surface area contributed by atoms with Crippen molar-refractivity contribution < 1.29 is 26.2 Å². The number of rotatable bonds is 6. The first-order valence-corrected chi connectivity index (χ1v) is 12.9. The molecule has 0 unspecified atom stereocenters. The van der Waals surface area contributed by atoms with E-state index in [0.29, 0.717) is 10.6 Å². The van der Waals surface area contributed by atoms with Gasteiger partial charge in [-0.2, -0.15) is 8.42 Å². The van der Waals surface area contributed by atoms with Gasteiger partial charge in [0.1, 0.15) is 32.9 Å². The molecule has 0 saturated carbocycles. The molecule has 4 rings (SSSR count). The van der Waals surface area contributed by atoms with Crippen molar-refractivity contribution >= 4 is 32.5 Å². The molecule has 0 bridgehead atoms. The maximum atomic E-state index is 13.8. The lowest BCUT2D eigenvalue weighted by atomic mass is 9.87. The summed E-state index contributed by atoms with van der Waals surface area (Å²) in [5, 5.41) is 10.6. The number of benzene rings is 3. The normalized spacial score (nSPS) is 11.8. The highest BCUT2D eigenvalue weighted by Gasteiger charge is 2.21. The molecule has 0 radical (unpaired) electrons. The highest BCUT2D eigenvalue weighted by atomic mass is 32.2. The highest BCUT2D eigenvalue weighted by molar-refractivity contribution is 7.87. The standard InChI is InChI=1S/C25H21F2N3O4S2/c1-25(2,3)16-9-13-18(14-10-16)36(32,33)34-17-11-7-15(8-12-17)23-29-30-24(35-23)28-22(31)21-19(26)5-4-6-20(21)27/h4-14H,1-3H3,(H,28,30,31). The van der Waals surface area contributed by atoms with Gasteiger partial charge in [-0.25, -0.2) is 8.78 Å². The summed E-state index contributed by atoms with van der Waals surface area (Å²) in [5.74, 6) is -2.87. The molecule has 0 fully saturated rings. The van der Waals surface area contributed by atoms with E-state index in [0.717, 1.165) is 35.1 Å². The van der Waals surface area contributed by atoms with Crippen molar-refractivity contribution in [3.05, 3.63) is 89.5 Å². The molecule has 36 heavy (non-hydrogen) atoms. The predicted octanol–water partition coefficient (Wildman–Crippen LogP) is 5.80. The molecule has 1 N–H and O–H groups in total. The highest BCUT2D eigenvalue weighted by Crippen LogP contribution is 2.30. The van der Waals surface area contributed by atoms with Gasteiger partial charge >= 0.3 is 10.1 Å². The summed E-state index contributed by atoms with van der Waals surface area (Å²) in [7, 11) is -4.03. The number of amides is 1. The Balaban J connectivity index is 1.45. The van der Waals surface area contributed by atoms with E-state index in [1.807, 2.05) is 20.8 Å². The second-order valence-electron chi connectivity index (χ2n) is 8.80. The van der Waals surface area contributed by atoms with Crippen LogP contribution in [0.4, 0.5) is 13.9 Å². The second kappa shape index (κ2) is 9.75. The SMILES string of the molecule is CC(C)(C)c1ccc(S(=O)(=O)Oc2ccc(-c3nnc(NC(=O)c4c(F)cccc4F)s3)cc2)cc1. The fraction of sp³-hybridized carbons (Fsp3) is 0.160. The maximum absolute atomic E-state index is 13.8. The van der Waals surface area contributed by atoms with Crippen LogP contribution in [0.5, 0.6) is 5.75 Å². The van der Waals surface area contributed by atoms with Crippen LogP contribution < -0.4 is 9.50 Å². The van der Waals surface area contributed by atoms with Gasteiger partial charge in [-0.05, 0) is 59.5 Å². The number of carbonyl (C=O) groups excluding carboxylic acids is 1. The molecule has 186 valence electrons. The Kier molecular flexibility index (Phi) is 6.87. The van der Waals surface area contributed by atoms with E-state index >= 15 is 0 Å². The number of aromatic nitrogens is 2. The third kappa shape index (κ3) is 5.58. The molecule has 1 heterocycles. The maximum Gasteiger partial charge on any atom is 0.339 e. The molecule has 0 aliphatic heterocycles. The van der Waals surface area contributed by atoms with Gasteiger partial charge in [0.2, 0.25) is 5.13 Å². The van der Waals surface area contributed by atoms with Crippen molar-refractivity contribution in [2.75, 3.05) is 5.32 Å². The van der Waals surface area contributed by atoms with Crippen LogP contribution in [0.2, 0.25) is 0 Å². The number of carbonyl (C=O) groups is 1. The minimum absolute atomic E-state index is 0.0374.